The zero-order valence-corrected chi connectivity index (χ0v) is 9.06. The molecule has 1 aromatic rings. The van der Waals surface area contributed by atoms with Gasteiger partial charge in [-0.15, -0.1) is 0 Å². The summed E-state index contributed by atoms with van der Waals surface area (Å²) in [5, 5.41) is -2.75. The molecular formula is C11H8ClF3O. The van der Waals surface area contributed by atoms with E-state index in [-0.39, 0.29) is 5.75 Å². The van der Waals surface area contributed by atoms with Crippen molar-refractivity contribution in [3.05, 3.63) is 35.4 Å². The van der Waals surface area contributed by atoms with Crippen molar-refractivity contribution in [1.29, 1.82) is 0 Å². The van der Waals surface area contributed by atoms with E-state index in [2.05, 4.69) is 0 Å². The molecule has 2 rings (SSSR count). The van der Waals surface area contributed by atoms with E-state index in [4.69, 9.17) is 16.3 Å². The van der Waals surface area contributed by atoms with Gasteiger partial charge in [0.2, 0.25) is 0 Å². The Labute approximate surface area is 95.5 Å². The van der Waals surface area contributed by atoms with Crippen molar-refractivity contribution < 1.29 is 17.9 Å². The third-order valence-corrected chi connectivity index (χ3v) is 2.70. The van der Waals surface area contributed by atoms with Gasteiger partial charge in [0.25, 0.3) is 5.06 Å². The molecule has 1 aliphatic heterocycles. The van der Waals surface area contributed by atoms with E-state index in [1.54, 1.807) is 12.1 Å². The normalized spacial score (nSPS) is 23.8. The van der Waals surface area contributed by atoms with Gasteiger partial charge in [0.15, 0.2) is 0 Å². The van der Waals surface area contributed by atoms with Gasteiger partial charge in [-0.3, -0.25) is 0 Å². The van der Waals surface area contributed by atoms with Gasteiger partial charge in [-0.2, -0.15) is 13.2 Å². The summed E-state index contributed by atoms with van der Waals surface area (Å²) in [4.78, 5) is 0. The van der Waals surface area contributed by atoms with Crippen molar-refractivity contribution in [2.45, 2.75) is 18.2 Å². The molecule has 0 saturated carbocycles. The van der Waals surface area contributed by atoms with Gasteiger partial charge in [-0.05, 0) is 31.2 Å². The number of benzene rings is 1. The molecule has 5 heteroatoms. The van der Waals surface area contributed by atoms with Crippen LogP contribution in [-0.2, 0) is 0 Å². The molecule has 1 unspecified atom stereocenters. The summed E-state index contributed by atoms with van der Waals surface area (Å²) < 4.78 is 42.6. The summed E-state index contributed by atoms with van der Waals surface area (Å²) in [6.45, 7) is 1.85. The van der Waals surface area contributed by atoms with E-state index < -0.39 is 11.2 Å². The molecule has 0 radical (unpaired) electrons. The summed E-state index contributed by atoms with van der Waals surface area (Å²) in [6.07, 6.45) is -2.50. The van der Waals surface area contributed by atoms with E-state index in [0.29, 0.717) is 5.56 Å². The van der Waals surface area contributed by atoms with E-state index in [1.165, 1.54) is 12.1 Å². The van der Waals surface area contributed by atoms with Gasteiger partial charge in [-0.25, -0.2) is 0 Å². The molecule has 0 N–H and O–H groups in total. The first-order valence-electron chi connectivity index (χ1n) is 4.56. The Hall–Kier alpha value is -1.16. The number of fused-ring (bicyclic) bond motifs is 1. The summed E-state index contributed by atoms with van der Waals surface area (Å²) in [7, 11) is 0. The highest BCUT2D eigenvalue weighted by atomic mass is 35.5. The Morgan fingerprint density at radius 3 is 2.62 bits per heavy atom. The molecular weight excluding hydrogens is 241 g/mol. The standard InChI is InChI=1S/C11H8ClF3O/c1-7-2-3-9-8(6-7)4-5-10(12,16-9)11(13,14)15/h2-6H,1H3. The minimum atomic E-state index is -4.65. The van der Waals surface area contributed by atoms with E-state index >= 15 is 0 Å². The first-order valence-corrected chi connectivity index (χ1v) is 4.94. The summed E-state index contributed by atoms with van der Waals surface area (Å²) in [6, 6.07) is 4.89. The van der Waals surface area contributed by atoms with Gasteiger partial charge >= 0.3 is 6.18 Å². The van der Waals surface area contributed by atoms with Crippen molar-refractivity contribution in [3.63, 3.8) is 0 Å². The van der Waals surface area contributed by atoms with E-state index in [0.717, 1.165) is 11.6 Å². The van der Waals surface area contributed by atoms with Crippen LogP contribution in [0.5, 0.6) is 5.75 Å². The molecule has 1 aliphatic rings. The van der Waals surface area contributed by atoms with Crippen LogP contribution < -0.4 is 4.74 Å². The van der Waals surface area contributed by atoms with Crippen LogP contribution in [0.15, 0.2) is 24.3 Å². The fourth-order valence-electron chi connectivity index (χ4n) is 1.43. The van der Waals surface area contributed by atoms with Crippen LogP contribution in [0.4, 0.5) is 13.2 Å². The second kappa shape index (κ2) is 3.42. The predicted molar refractivity (Wildman–Crippen MR) is 55.5 cm³/mol. The number of rotatable bonds is 0. The maximum Gasteiger partial charge on any atom is 0.447 e. The highest BCUT2D eigenvalue weighted by molar-refractivity contribution is 6.25. The first-order chi connectivity index (χ1) is 7.32. The lowest BCUT2D eigenvalue weighted by atomic mass is 10.1. The second-order valence-electron chi connectivity index (χ2n) is 3.62. The monoisotopic (exact) mass is 248 g/mol. The third kappa shape index (κ3) is 1.78. The molecule has 16 heavy (non-hydrogen) atoms. The number of hydrogen-bond acceptors (Lipinski definition) is 1. The molecule has 0 fully saturated rings. The van der Waals surface area contributed by atoms with Gasteiger partial charge in [-0.1, -0.05) is 23.2 Å². The van der Waals surface area contributed by atoms with Gasteiger partial charge in [0, 0.05) is 5.56 Å². The van der Waals surface area contributed by atoms with Crippen LogP contribution in [0.3, 0.4) is 0 Å². The van der Waals surface area contributed by atoms with Gasteiger partial charge < -0.3 is 4.74 Å². The second-order valence-corrected chi connectivity index (χ2v) is 4.18. The minimum absolute atomic E-state index is 0.139. The maximum absolute atomic E-state index is 12.6. The van der Waals surface area contributed by atoms with Crippen molar-refractivity contribution in [2.75, 3.05) is 0 Å². The van der Waals surface area contributed by atoms with E-state index in [9.17, 15) is 13.2 Å². The Balaban J connectivity index is 2.43. The van der Waals surface area contributed by atoms with Crippen LogP contribution >= 0.6 is 11.6 Å². The molecule has 1 atom stereocenters. The fourth-order valence-corrected chi connectivity index (χ4v) is 1.58. The Kier molecular flexibility index (Phi) is 2.42. The molecule has 1 nitrogen and oxygen atoms in total. The Morgan fingerprint density at radius 2 is 2.00 bits per heavy atom. The van der Waals surface area contributed by atoms with Crippen LogP contribution in [0.25, 0.3) is 6.08 Å². The summed E-state index contributed by atoms with van der Waals surface area (Å²) >= 11 is 5.38. The van der Waals surface area contributed by atoms with Gasteiger partial charge in [0.05, 0.1) is 0 Å². The molecule has 1 heterocycles. The van der Waals surface area contributed by atoms with Crippen molar-refractivity contribution in [2.24, 2.45) is 0 Å². The number of ether oxygens (including phenoxy) is 1. The zero-order valence-electron chi connectivity index (χ0n) is 8.31. The van der Waals surface area contributed by atoms with Crippen LogP contribution in [-0.4, -0.2) is 11.2 Å². The van der Waals surface area contributed by atoms with Crippen LogP contribution in [0.1, 0.15) is 11.1 Å². The number of alkyl halides is 4. The highest BCUT2D eigenvalue weighted by Crippen LogP contribution is 2.43. The summed E-state index contributed by atoms with van der Waals surface area (Å²) in [5.41, 5.74) is 1.54. The smallest absolute Gasteiger partial charge is 0.447 e. The minimum Gasteiger partial charge on any atom is -0.458 e. The number of hydrogen-bond donors (Lipinski definition) is 0. The topological polar surface area (TPSA) is 9.23 Å². The Bertz CT molecular complexity index is 453. The molecule has 86 valence electrons. The van der Waals surface area contributed by atoms with Crippen molar-refractivity contribution in [3.8, 4) is 5.75 Å². The zero-order chi connectivity index (χ0) is 12.0. The molecule has 0 amide bonds. The van der Waals surface area contributed by atoms with E-state index in [1.807, 2.05) is 6.92 Å². The molecule has 0 aromatic heterocycles. The van der Waals surface area contributed by atoms with Crippen molar-refractivity contribution in [1.82, 2.24) is 0 Å². The predicted octanol–water partition coefficient (Wildman–Crippen LogP) is 3.90. The average Bonchev–Trinajstić information content (AvgIpc) is 2.17. The third-order valence-electron chi connectivity index (χ3n) is 2.29. The number of aryl methyl sites for hydroxylation is 1. The largest absolute Gasteiger partial charge is 0.458 e. The lowest BCUT2D eigenvalue weighted by Crippen LogP contribution is -2.44. The molecule has 0 bridgehead atoms. The maximum atomic E-state index is 12.6. The Morgan fingerprint density at radius 1 is 1.31 bits per heavy atom. The SMILES string of the molecule is Cc1ccc2c(c1)C=CC(Cl)(C(F)(F)F)O2. The van der Waals surface area contributed by atoms with Crippen molar-refractivity contribution >= 4 is 17.7 Å². The quantitative estimate of drug-likeness (QED) is 0.633. The van der Waals surface area contributed by atoms with Crippen LogP contribution in [0, 0.1) is 6.92 Å². The molecule has 1 aromatic carbocycles. The number of halogens is 4. The average molecular weight is 249 g/mol. The first kappa shape index (κ1) is 11.3. The van der Waals surface area contributed by atoms with Crippen LogP contribution in [0.2, 0.25) is 0 Å². The lowest BCUT2D eigenvalue weighted by molar-refractivity contribution is -0.197. The molecule has 0 spiro atoms. The van der Waals surface area contributed by atoms with Gasteiger partial charge in [0.1, 0.15) is 5.75 Å². The lowest BCUT2D eigenvalue weighted by Gasteiger charge is -2.30. The summed E-state index contributed by atoms with van der Waals surface area (Å²) in [5.74, 6) is 0.139. The fraction of sp³-hybridized carbons (Fsp3) is 0.273. The highest BCUT2D eigenvalue weighted by Gasteiger charge is 2.55. The molecule has 0 saturated heterocycles. The molecule has 0 aliphatic carbocycles.